The Hall–Kier alpha value is 1.85. The Morgan fingerprint density at radius 2 is 1.25 bits per heavy atom. The molecule has 0 N–H and O–H groups in total. The van der Waals surface area contributed by atoms with Crippen LogP contribution < -0.4 is 60.7 Å². The fraction of sp³-hybridized carbons (Fsp3) is 0. The third kappa shape index (κ3) is 9.14. The molecule has 0 unspecified atom stereocenters. The minimum atomic E-state index is -0.417. The van der Waals surface area contributed by atoms with E-state index in [2.05, 4.69) is 0 Å². The van der Waals surface area contributed by atoms with E-state index < -0.39 is 11.3 Å². The van der Waals surface area contributed by atoms with Crippen LogP contribution in [0.15, 0.2) is 0 Å². The summed E-state index contributed by atoms with van der Waals surface area (Å²) in [5.74, 6) is 0. The van der Waals surface area contributed by atoms with Gasteiger partial charge in [-0.15, -0.1) is 0 Å². The summed E-state index contributed by atoms with van der Waals surface area (Å²) in [6.45, 7) is 0. The van der Waals surface area contributed by atoms with Gasteiger partial charge in [0.1, 0.15) is 0 Å². The predicted molar refractivity (Wildman–Crippen MR) is 0 cm³/mol. The van der Waals surface area contributed by atoms with Crippen molar-refractivity contribution in [3.05, 3.63) is 0 Å². The van der Waals surface area contributed by atoms with Crippen molar-refractivity contribution in [1.29, 1.82) is 0 Å². The Labute approximate surface area is 70.7 Å². The minimum Gasteiger partial charge on any atom is -0.544 e. The van der Waals surface area contributed by atoms with Gasteiger partial charge in [0.15, 0.2) is 0 Å². The second-order valence-electron chi connectivity index (χ2n) is 0.0630. The molecule has 0 amide bonds. The van der Waals surface area contributed by atoms with Gasteiger partial charge in [0.2, 0.25) is 0 Å². The first kappa shape index (κ1) is 9.28. The monoisotopic (exact) mass is 106 g/mol. The zero-order valence-electron chi connectivity index (χ0n) is 2.19. The zero-order valence-corrected chi connectivity index (χ0v) is 6.07. The first-order valence-corrected chi connectivity index (χ1v) is 0.926. The van der Waals surface area contributed by atoms with Gasteiger partial charge < -0.3 is 9.32 Å². The van der Waals surface area contributed by atoms with Crippen molar-refractivity contribution in [2.75, 3.05) is 0 Å². The summed E-state index contributed by atoms with van der Waals surface area (Å²) in [6.07, 6.45) is 0. The second kappa shape index (κ2) is 8.85. The zero-order chi connectivity index (χ0) is 2.71. The summed E-state index contributed by atoms with van der Waals surface area (Å²) in [5, 5.41) is 0. The average molecular weight is 107 g/mol. The number of hydrogen-bond acceptors (Lipinski definition) is 2. The van der Waals surface area contributed by atoms with Gasteiger partial charge in [0.25, 0.3) is 0 Å². The summed E-state index contributed by atoms with van der Waals surface area (Å²) in [6, 6.07) is 0. The van der Waals surface area contributed by atoms with Crippen LogP contribution >= 0.6 is 0 Å². The van der Waals surface area contributed by atoms with E-state index in [1.165, 1.54) is 0 Å². The van der Waals surface area contributed by atoms with Crippen molar-refractivity contribution in [2.24, 2.45) is 0 Å². The molecule has 4 heavy (non-hydrogen) atoms. The molecule has 0 radical (unpaired) electrons. The van der Waals surface area contributed by atoms with E-state index in [1.54, 1.807) is 0 Å². The van der Waals surface area contributed by atoms with E-state index in [4.69, 9.17) is 9.32 Å². The molecular formula is ClKO2. The molecule has 20 valence electrons. The van der Waals surface area contributed by atoms with Crippen LogP contribution in [0.1, 0.15) is 0 Å². The van der Waals surface area contributed by atoms with Crippen molar-refractivity contribution in [2.45, 2.75) is 0 Å². The quantitative estimate of drug-likeness (QED) is 0.290. The fourth-order valence-electron chi connectivity index (χ4n) is 0. The molecule has 0 spiro atoms. The minimum absolute atomic E-state index is 0. The van der Waals surface area contributed by atoms with Crippen LogP contribution in [0.3, 0.4) is 0 Å². The van der Waals surface area contributed by atoms with Crippen LogP contribution in [0.25, 0.3) is 0 Å². The Balaban J connectivity index is 0. The van der Waals surface area contributed by atoms with Gasteiger partial charge in [-0.2, -0.15) is 0 Å². The molecule has 2 nitrogen and oxygen atoms in total. The van der Waals surface area contributed by atoms with Gasteiger partial charge in [-0.25, -0.2) is 0 Å². The van der Waals surface area contributed by atoms with Crippen LogP contribution in [-0.2, 0) is 0 Å². The molecular weight excluding hydrogens is 107 g/mol. The van der Waals surface area contributed by atoms with Crippen molar-refractivity contribution < 1.29 is 72.0 Å². The first-order valence-electron chi connectivity index (χ1n) is 0.309. The van der Waals surface area contributed by atoms with Gasteiger partial charge in [-0.3, -0.25) is 0 Å². The van der Waals surface area contributed by atoms with E-state index in [9.17, 15) is 0 Å². The maximum Gasteiger partial charge on any atom is 1.00 e. The van der Waals surface area contributed by atoms with Crippen LogP contribution in [0.5, 0.6) is 0 Å². The third-order valence-corrected chi connectivity index (χ3v) is 0. The maximum atomic E-state index is 8.24. The van der Waals surface area contributed by atoms with Crippen molar-refractivity contribution in [1.82, 2.24) is 0 Å². The molecule has 4 heteroatoms. The molecule has 0 aliphatic rings. The van der Waals surface area contributed by atoms with Crippen molar-refractivity contribution >= 4 is 0 Å². The Kier molecular flexibility index (Phi) is 20.5. The summed E-state index contributed by atoms with van der Waals surface area (Å²) in [4.78, 5) is 0. The molecule has 0 rings (SSSR count). The SMILES string of the molecule is [K+].[O-][Cl+][O-]. The number of rotatable bonds is 0. The van der Waals surface area contributed by atoms with Gasteiger partial charge in [-0.1, -0.05) is 0 Å². The Morgan fingerprint density at radius 3 is 1.25 bits per heavy atom. The smallest absolute Gasteiger partial charge is 0.544 e. The fourth-order valence-corrected chi connectivity index (χ4v) is 0. The summed E-state index contributed by atoms with van der Waals surface area (Å²) in [5.41, 5.74) is 0. The van der Waals surface area contributed by atoms with Crippen molar-refractivity contribution in [3.63, 3.8) is 0 Å². The summed E-state index contributed by atoms with van der Waals surface area (Å²) in [7, 11) is 0. The maximum absolute atomic E-state index is 8.24. The molecule has 0 aliphatic carbocycles. The standard InChI is InChI=1S/ClO2.K/c2-1-3;/q-1;+1. The molecule has 0 saturated heterocycles. The largest absolute Gasteiger partial charge is 1.00 e. The topological polar surface area (TPSA) is 46.1 Å². The van der Waals surface area contributed by atoms with E-state index in [1.807, 2.05) is 0 Å². The van der Waals surface area contributed by atoms with Gasteiger partial charge in [0.05, 0.1) is 11.3 Å². The van der Waals surface area contributed by atoms with Crippen LogP contribution in [0, 0.1) is 11.3 Å². The second-order valence-corrected chi connectivity index (χ2v) is 0.189. The van der Waals surface area contributed by atoms with Gasteiger partial charge in [0, 0.05) is 0 Å². The van der Waals surface area contributed by atoms with E-state index >= 15 is 0 Å². The normalized spacial score (nSPS) is 4.50. The first-order chi connectivity index (χ1) is 1.41. The molecule has 0 aliphatic heterocycles. The Morgan fingerprint density at radius 1 is 1.25 bits per heavy atom. The van der Waals surface area contributed by atoms with Gasteiger partial charge >= 0.3 is 51.4 Å². The summed E-state index contributed by atoms with van der Waals surface area (Å²) < 4.78 is 16.5. The number of halogens is 1. The van der Waals surface area contributed by atoms with E-state index in [-0.39, 0.29) is 51.4 Å². The molecule has 0 bridgehead atoms. The predicted octanol–water partition coefficient (Wildman–Crippen LogP) is -5.37. The molecule has 0 aromatic heterocycles. The summed E-state index contributed by atoms with van der Waals surface area (Å²) >= 11 is -0.417. The molecule has 0 atom stereocenters. The Bertz CT molecular complexity index is 6.00. The van der Waals surface area contributed by atoms with E-state index in [0.29, 0.717) is 0 Å². The van der Waals surface area contributed by atoms with E-state index in [0.717, 1.165) is 0 Å². The average Bonchev–Trinajstić information content (AvgIpc) is 0.918. The van der Waals surface area contributed by atoms with Crippen LogP contribution in [0.4, 0.5) is 0 Å². The molecule has 0 fully saturated rings. The molecule has 0 aromatic rings. The molecule has 0 heterocycles. The third-order valence-electron chi connectivity index (χ3n) is 0. The van der Waals surface area contributed by atoms with Crippen LogP contribution in [0.2, 0.25) is 0 Å². The molecule has 0 aromatic carbocycles. The van der Waals surface area contributed by atoms with Gasteiger partial charge in [-0.05, 0) is 0 Å². The van der Waals surface area contributed by atoms with Crippen molar-refractivity contribution in [3.8, 4) is 0 Å². The number of hydrogen-bond donors (Lipinski definition) is 0. The molecule has 0 saturated carbocycles. The van der Waals surface area contributed by atoms with Crippen LogP contribution in [-0.4, -0.2) is 0 Å².